The summed E-state index contributed by atoms with van der Waals surface area (Å²) in [6.07, 6.45) is -0.758. The molecule has 2 saturated heterocycles. The summed E-state index contributed by atoms with van der Waals surface area (Å²) in [6.45, 7) is 6.14. The number of carbonyl (C=O) groups is 3. The lowest BCUT2D eigenvalue weighted by Crippen LogP contribution is -2.63. The van der Waals surface area contributed by atoms with Crippen LogP contribution in [0, 0.1) is 11.8 Å². The van der Waals surface area contributed by atoms with Crippen LogP contribution in [-0.4, -0.2) is 151 Å². The smallest absolute Gasteiger partial charge is 0.305 e. The van der Waals surface area contributed by atoms with E-state index in [4.69, 9.17) is 18.9 Å². The highest BCUT2D eigenvalue weighted by Crippen LogP contribution is 2.34. The number of aromatic nitrogens is 1. The number of nitrogens with one attached hydrogen (secondary N) is 1. The third-order valence-corrected chi connectivity index (χ3v) is 10.9. The first-order valence-electron chi connectivity index (χ1n) is 19.4. The number of ether oxygens (including phenoxy) is 4. The first-order chi connectivity index (χ1) is 26.3. The van der Waals surface area contributed by atoms with Gasteiger partial charge >= 0.3 is 5.97 Å². The van der Waals surface area contributed by atoms with Crippen LogP contribution in [0.15, 0.2) is 42.6 Å². The van der Waals surface area contributed by atoms with E-state index in [0.29, 0.717) is 32.4 Å². The number of hydrogen-bond donors (Lipinski definition) is 4. The van der Waals surface area contributed by atoms with Crippen LogP contribution in [0.2, 0.25) is 0 Å². The second-order valence-corrected chi connectivity index (χ2v) is 15.3. The molecule has 0 spiro atoms. The van der Waals surface area contributed by atoms with Gasteiger partial charge in [0.15, 0.2) is 6.29 Å². The Kier molecular flexibility index (Phi) is 17.2. The monoisotopic (exact) mass is 770 g/mol. The van der Waals surface area contributed by atoms with Gasteiger partial charge in [-0.2, -0.15) is 0 Å². The molecule has 2 fully saturated rings. The van der Waals surface area contributed by atoms with Crippen LogP contribution in [0.4, 0.5) is 0 Å². The summed E-state index contributed by atoms with van der Waals surface area (Å²) in [5.74, 6) is -1.87. The zero-order chi connectivity index (χ0) is 40.2. The van der Waals surface area contributed by atoms with E-state index in [2.05, 4.69) is 10.3 Å². The predicted octanol–water partition coefficient (Wildman–Crippen LogP) is 2.56. The number of benzene rings is 1. The molecule has 2 aromatic rings. The van der Waals surface area contributed by atoms with Gasteiger partial charge in [-0.1, -0.05) is 44.2 Å². The number of hydrogen-bond acceptors (Lipinski definition) is 13. The highest BCUT2D eigenvalue weighted by atomic mass is 16.7. The van der Waals surface area contributed by atoms with Gasteiger partial charge in [0.1, 0.15) is 24.6 Å². The van der Waals surface area contributed by atoms with Crippen LogP contribution in [0.1, 0.15) is 64.9 Å². The molecule has 14 nitrogen and oxygen atoms in total. The minimum Gasteiger partial charge on any atom is -0.459 e. The van der Waals surface area contributed by atoms with Crippen molar-refractivity contribution in [2.24, 2.45) is 11.8 Å². The molecule has 0 aliphatic carbocycles. The number of nitrogens with zero attached hydrogens (tertiary/aromatic N) is 3. The molecule has 1 aromatic heterocycles. The van der Waals surface area contributed by atoms with E-state index in [9.17, 15) is 29.7 Å². The summed E-state index contributed by atoms with van der Waals surface area (Å²) in [5.41, 5.74) is 1.88. The second kappa shape index (κ2) is 21.3. The lowest BCUT2D eigenvalue weighted by molar-refractivity contribution is -0.309. The maximum Gasteiger partial charge on any atom is 0.305 e. The number of esters is 1. The van der Waals surface area contributed by atoms with E-state index < -0.39 is 66.9 Å². The number of carbonyl (C=O) groups excluding carboxylic acids is 3. The molecule has 0 saturated carbocycles. The molecule has 4 N–H and O–H groups in total. The Hall–Kier alpha value is -3.34. The number of aldehydes is 1. The highest BCUT2D eigenvalue weighted by molar-refractivity contribution is 5.87. The Balaban J connectivity index is 1.70. The largest absolute Gasteiger partial charge is 0.459 e. The summed E-state index contributed by atoms with van der Waals surface area (Å²) in [7, 11) is 6.79. The van der Waals surface area contributed by atoms with Crippen molar-refractivity contribution in [1.82, 2.24) is 20.1 Å². The van der Waals surface area contributed by atoms with Gasteiger partial charge in [0.2, 0.25) is 5.91 Å². The number of amides is 1. The average Bonchev–Trinajstić information content (AvgIpc) is 3.15. The molecule has 12 atom stereocenters. The van der Waals surface area contributed by atoms with Crippen LogP contribution in [0.3, 0.4) is 0 Å². The molecule has 14 heteroatoms. The molecule has 3 heterocycles. The molecule has 2 aliphatic rings. The first kappa shape index (κ1) is 44.4. The van der Waals surface area contributed by atoms with Crippen molar-refractivity contribution in [3.63, 3.8) is 0 Å². The summed E-state index contributed by atoms with van der Waals surface area (Å²) in [5, 5.41) is 38.0. The van der Waals surface area contributed by atoms with Crippen molar-refractivity contribution < 1.29 is 48.7 Å². The van der Waals surface area contributed by atoms with Crippen LogP contribution in [0.5, 0.6) is 0 Å². The fourth-order valence-corrected chi connectivity index (χ4v) is 7.75. The quantitative estimate of drug-likeness (QED) is 0.194. The Bertz CT molecular complexity index is 1550. The van der Waals surface area contributed by atoms with Gasteiger partial charge in [0.05, 0.1) is 42.4 Å². The van der Waals surface area contributed by atoms with E-state index >= 15 is 0 Å². The number of likely N-dealkylation sites (N-methyl/N-ethyl adjacent to an activating group) is 2. The number of β-amino-alcohol motifs (C(OH)–C–C–N with tert-alkyl or cyclic N) is 1. The molecule has 4 rings (SSSR count). The van der Waals surface area contributed by atoms with Gasteiger partial charge in [0, 0.05) is 44.1 Å². The van der Waals surface area contributed by atoms with Crippen LogP contribution >= 0.6 is 0 Å². The van der Waals surface area contributed by atoms with Gasteiger partial charge in [-0.15, -0.1) is 0 Å². The minimum absolute atomic E-state index is 0.0165. The molecule has 55 heavy (non-hydrogen) atoms. The van der Waals surface area contributed by atoms with Crippen molar-refractivity contribution in [3.05, 3.63) is 48.2 Å². The zero-order valence-corrected chi connectivity index (χ0v) is 33.3. The first-order valence-corrected chi connectivity index (χ1v) is 19.4. The zero-order valence-electron chi connectivity index (χ0n) is 33.3. The maximum atomic E-state index is 14.0. The predicted molar refractivity (Wildman–Crippen MR) is 208 cm³/mol. The summed E-state index contributed by atoms with van der Waals surface area (Å²) >= 11 is 0. The number of aliphatic hydroxyl groups excluding tert-OH is 3. The van der Waals surface area contributed by atoms with Crippen LogP contribution in [0.25, 0.3) is 17.0 Å². The van der Waals surface area contributed by atoms with Crippen LogP contribution in [-0.2, 0) is 33.3 Å². The van der Waals surface area contributed by atoms with Gasteiger partial charge in [-0.3, -0.25) is 14.6 Å². The normalized spacial score (nSPS) is 33.5. The van der Waals surface area contributed by atoms with Gasteiger partial charge < -0.3 is 54.2 Å². The van der Waals surface area contributed by atoms with Crippen molar-refractivity contribution in [2.45, 2.75) is 120 Å². The number of rotatable bonds is 11. The third-order valence-electron chi connectivity index (χ3n) is 10.9. The highest BCUT2D eigenvalue weighted by Gasteiger charge is 2.48. The van der Waals surface area contributed by atoms with Crippen molar-refractivity contribution in [2.75, 3.05) is 41.3 Å². The molecule has 306 valence electrons. The summed E-state index contributed by atoms with van der Waals surface area (Å²) in [4.78, 5) is 47.3. The molecule has 0 radical (unpaired) electrons. The summed E-state index contributed by atoms with van der Waals surface area (Å²) < 4.78 is 24.6. The Morgan fingerprint density at radius 3 is 2.55 bits per heavy atom. The lowest BCUT2D eigenvalue weighted by Gasteiger charge is -2.47. The van der Waals surface area contributed by atoms with Crippen molar-refractivity contribution in [1.29, 1.82) is 0 Å². The second-order valence-electron chi connectivity index (χ2n) is 15.3. The van der Waals surface area contributed by atoms with Crippen molar-refractivity contribution in [3.8, 4) is 0 Å². The Labute approximate surface area is 325 Å². The van der Waals surface area contributed by atoms with E-state index in [1.807, 2.05) is 61.4 Å². The SMILES string of the molecule is CCC(=O)O[C@@H]1CC(=O)NC(C/C=C/c2ccnc3ccccc23)CCN(C)C[C@H](O)[C@H](C)C[C@H](CC=O)[C@H](O[C@@H]2OC(C)[C@H](O)C(N(C)C)C2O)[C@H]1OC. The van der Waals surface area contributed by atoms with E-state index in [1.165, 1.54) is 7.11 Å². The molecule has 2 aliphatic heterocycles. The van der Waals surface area contributed by atoms with Gasteiger partial charge in [-0.05, 0) is 83.4 Å². The number of methoxy groups -OCH3 is 1. The third kappa shape index (κ3) is 12.1. The van der Waals surface area contributed by atoms with Crippen molar-refractivity contribution >= 4 is 35.1 Å². The fraction of sp³-hybridized carbons (Fsp3) is 0.659. The van der Waals surface area contributed by atoms with E-state index in [-0.39, 0.29) is 37.1 Å². The molecule has 4 unspecified atom stereocenters. The van der Waals surface area contributed by atoms with Crippen LogP contribution < -0.4 is 5.32 Å². The standard InChI is InChI=1S/C41H62N4O10/c1-8-35(49)54-33-23-34(48)43-29(13-11-12-27-16-19-42-31-15-10-9-14-30(27)31)17-20-45(6)24-32(47)25(2)22-28(18-21-46)39(40(33)52-7)55-41-38(51)36(44(4)5)37(50)26(3)53-41/h9-12,14-16,19,21,25-26,28-29,32-33,36-41,47,50-51H,8,13,17-18,20,22-24H2,1-7H3,(H,43,48)/b12-11+/t25-,26?,28+,29?,32+,33-,36?,37+,38?,39+,40+,41+/m1/s1. The number of fused-ring (bicyclic) bond motifs is 1. The molecular weight excluding hydrogens is 708 g/mol. The number of para-hydroxylation sites is 1. The number of pyridine rings is 1. The lowest BCUT2D eigenvalue weighted by atomic mass is 9.82. The maximum absolute atomic E-state index is 14.0. The fourth-order valence-electron chi connectivity index (χ4n) is 7.75. The molecule has 1 amide bonds. The Morgan fingerprint density at radius 1 is 1.11 bits per heavy atom. The van der Waals surface area contributed by atoms with E-state index in [0.717, 1.165) is 22.8 Å². The molecular formula is C41H62N4O10. The molecule has 0 bridgehead atoms. The average molecular weight is 771 g/mol. The minimum atomic E-state index is -1.32. The topological polar surface area (TPSA) is 180 Å². The number of aliphatic hydroxyl groups is 3. The van der Waals surface area contributed by atoms with Gasteiger partial charge in [0.25, 0.3) is 0 Å². The van der Waals surface area contributed by atoms with E-state index in [1.54, 1.807) is 39.0 Å². The Morgan fingerprint density at radius 2 is 1.85 bits per heavy atom. The molecule has 1 aromatic carbocycles. The summed E-state index contributed by atoms with van der Waals surface area (Å²) in [6, 6.07) is 8.77. The van der Waals surface area contributed by atoms with Gasteiger partial charge in [-0.25, -0.2) is 0 Å².